The lowest BCUT2D eigenvalue weighted by Crippen LogP contribution is -2.33. The molecule has 1 heterocycles. The zero-order valence-electron chi connectivity index (χ0n) is 11.7. The molecular weight excluding hydrogens is 292 g/mol. The van der Waals surface area contributed by atoms with Crippen LogP contribution in [-0.4, -0.2) is 18.2 Å². The van der Waals surface area contributed by atoms with Gasteiger partial charge in [0.1, 0.15) is 11.5 Å². The maximum absolute atomic E-state index is 11.8. The third-order valence-corrected chi connectivity index (χ3v) is 2.95. The van der Waals surface area contributed by atoms with Crippen LogP contribution in [0.2, 0.25) is 5.02 Å². The van der Waals surface area contributed by atoms with E-state index >= 15 is 0 Å². The SMILES string of the molecule is Cc1cc(Cl)ccc1O[C@H](C)C(=O)N/N=C\c1ccco1. The van der Waals surface area contributed by atoms with Crippen LogP contribution in [0.15, 0.2) is 46.1 Å². The summed E-state index contributed by atoms with van der Waals surface area (Å²) < 4.78 is 10.6. The van der Waals surface area contributed by atoms with Gasteiger partial charge in [-0.3, -0.25) is 4.79 Å². The molecule has 5 nitrogen and oxygen atoms in total. The smallest absolute Gasteiger partial charge is 0.280 e. The van der Waals surface area contributed by atoms with E-state index in [0.717, 1.165) is 5.56 Å². The zero-order chi connectivity index (χ0) is 15.2. The number of carbonyl (C=O) groups excluding carboxylic acids is 1. The molecule has 6 heteroatoms. The van der Waals surface area contributed by atoms with Crippen LogP contribution in [0.3, 0.4) is 0 Å². The number of hydrazone groups is 1. The zero-order valence-corrected chi connectivity index (χ0v) is 12.4. The van der Waals surface area contributed by atoms with Gasteiger partial charge in [0.05, 0.1) is 12.5 Å². The fraction of sp³-hybridized carbons (Fsp3) is 0.200. The van der Waals surface area contributed by atoms with E-state index in [1.807, 2.05) is 6.92 Å². The lowest BCUT2D eigenvalue weighted by Gasteiger charge is -2.14. The molecule has 0 radical (unpaired) electrons. The monoisotopic (exact) mass is 306 g/mol. The largest absolute Gasteiger partial charge is 0.481 e. The molecule has 1 N–H and O–H groups in total. The van der Waals surface area contributed by atoms with Crippen molar-refractivity contribution in [3.8, 4) is 5.75 Å². The Hall–Kier alpha value is -2.27. The van der Waals surface area contributed by atoms with Gasteiger partial charge in [0.25, 0.3) is 5.91 Å². The molecule has 1 amide bonds. The molecule has 1 aromatic carbocycles. The number of halogens is 1. The maximum Gasteiger partial charge on any atom is 0.280 e. The van der Waals surface area contributed by atoms with Gasteiger partial charge in [-0.2, -0.15) is 5.10 Å². The lowest BCUT2D eigenvalue weighted by atomic mass is 10.2. The van der Waals surface area contributed by atoms with Crippen molar-refractivity contribution in [1.29, 1.82) is 0 Å². The van der Waals surface area contributed by atoms with E-state index in [4.69, 9.17) is 20.8 Å². The highest BCUT2D eigenvalue weighted by molar-refractivity contribution is 6.30. The Kier molecular flexibility index (Phi) is 5.00. The molecule has 0 aliphatic heterocycles. The molecule has 0 aliphatic rings. The van der Waals surface area contributed by atoms with Crippen molar-refractivity contribution in [1.82, 2.24) is 5.43 Å². The van der Waals surface area contributed by atoms with Crippen LogP contribution in [-0.2, 0) is 4.79 Å². The van der Waals surface area contributed by atoms with Gasteiger partial charge >= 0.3 is 0 Å². The molecular formula is C15H15ClN2O3. The molecule has 21 heavy (non-hydrogen) atoms. The van der Waals surface area contributed by atoms with Crippen molar-refractivity contribution >= 4 is 23.7 Å². The average molecular weight is 307 g/mol. The number of nitrogens with zero attached hydrogens (tertiary/aromatic N) is 1. The summed E-state index contributed by atoms with van der Waals surface area (Å²) in [5.41, 5.74) is 3.25. The number of hydrogen-bond donors (Lipinski definition) is 1. The fourth-order valence-corrected chi connectivity index (χ4v) is 1.83. The van der Waals surface area contributed by atoms with Gasteiger partial charge in [-0.15, -0.1) is 0 Å². The Bertz CT molecular complexity index is 638. The van der Waals surface area contributed by atoms with E-state index < -0.39 is 6.10 Å². The quantitative estimate of drug-likeness (QED) is 0.681. The average Bonchev–Trinajstić information content (AvgIpc) is 2.95. The van der Waals surface area contributed by atoms with Gasteiger partial charge in [-0.25, -0.2) is 5.43 Å². The van der Waals surface area contributed by atoms with Crippen LogP contribution >= 0.6 is 11.6 Å². The molecule has 1 aromatic heterocycles. The number of nitrogens with one attached hydrogen (secondary N) is 1. The molecule has 2 rings (SSSR count). The summed E-state index contributed by atoms with van der Waals surface area (Å²) in [5.74, 6) is 0.807. The van der Waals surface area contributed by atoms with Gasteiger partial charge in [0.2, 0.25) is 0 Å². The molecule has 0 fully saturated rings. The first-order chi connectivity index (χ1) is 10.1. The van der Waals surface area contributed by atoms with Gasteiger partial charge < -0.3 is 9.15 Å². The third-order valence-electron chi connectivity index (χ3n) is 2.72. The molecule has 0 unspecified atom stereocenters. The molecule has 2 aromatic rings. The molecule has 0 aliphatic carbocycles. The minimum Gasteiger partial charge on any atom is -0.481 e. The Balaban J connectivity index is 1.90. The van der Waals surface area contributed by atoms with Crippen molar-refractivity contribution < 1.29 is 13.9 Å². The van der Waals surface area contributed by atoms with Crippen LogP contribution in [0.4, 0.5) is 0 Å². The second-order valence-electron chi connectivity index (χ2n) is 4.42. The number of ether oxygens (including phenoxy) is 1. The first-order valence-electron chi connectivity index (χ1n) is 6.35. The second-order valence-corrected chi connectivity index (χ2v) is 4.86. The van der Waals surface area contributed by atoms with Gasteiger partial charge in [0, 0.05) is 5.02 Å². The summed E-state index contributed by atoms with van der Waals surface area (Å²) in [6, 6.07) is 8.68. The van der Waals surface area contributed by atoms with E-state index in [9.17, 15) is 4.79 Å². The topological polar surface area (TPSA) is 63.8 Å². The van der Waals surface area contributed by atoms with Crippen LogP contribution in [0.1, 0.15) is 18.2 Å². The Morgan fingerprint density at radius 1 is 1.48 bits per heavy atom. The number of carbonyl (C=O) groups is 1. The number of aryl methyl sites for hydroxylation is 1. The summed E-state index contributed by atoms with van der Waals surface area (Å²) in [5, 5.41) is 4.42. The molecule has 0 saturated carbocycles. The molecule has 0 bridgehead atoms. The van der Waals surface area contributed by atoms with Crippen molar-refractivity contribution in [3.05, 3.63) is 52.9 Å². The molecule has 0 saturated heterocycles. The first-order valence-corrected chi connectivity index (χ1v) is 6.73. The maximum atomic E-state index is 11.8. The lowest BCUT2D eigenvalue weighted by molar-refractivity contribution is -0.127. The standard InChI is InChI=1S/C15H15ClN2O3/c1-10-8-12(16)5-6-14(10)21-11(2)15(19)18-17-9-13-4-3-7-20-13/h3-9,11H,1-2H3,(H,18,19)/b17-9-/t11-/m1/s1. The fourth-order valence-electron chi connectivity index (χ4n) is 1.60. The molecule has 0 spiro atoms. The number of amides is 1. The highest BCUT2D eigenvalue weighted by atomic mass is 35.5. The molecule has 1 atom stereocenters. The summed E-state index contributed by atoms with van der Waals surface area (Å²) in [4.78, 5) is 11.8. The van der Waals surface area contributed by atoms with E-state index in [2.05, 4.69) is 10.5 Å². The summed E-state index contributed by atoms with van der Waals surface area (Å²) in [6.07, 6.45) is 2.26. The minimum absolute atomic E-state index is 0.354. The third kappa shape index (κ3) is 4.36. The second kappa shape index (κ2) is 6.95. The summed E-state index contributed by atoms with van der Waals surface area (Å²) in [7, 11) is 0. The number of furan rings is 1. The van der Waals surface area contributed by atoms with Crippen LogP contribution in [0.25, 0.3) is 0 Å². The van der Waals surface area contributed by atoms with Crippen LogP contribution in [0.5, 0.6) is 5.75 Å². The number of hydrogen-bond acceptors (Lipinski definition) is 4. The van der Waals surface area contributed by atoms with Crippen molar-refractivity contribution in [3.63, 3.8) is 0 Å². The normalized spacial score (nSPS) is 12.3. The minimum atomic E-state index is -0.682. The Labute approximate surface area is 127 Å². The summed E-state index contributed by atoms with van der Waals surface area (Å²) >= 11 is 5.87. The number of benzene rings is 1. The highest BCUT2D eigenvalue weighted by Gasteiger charge is 2.15. The van der Waals surface area contributed by atoms with Gasteiger partial charge in [0.15, 0.2) is 6.10 Å². The highest BCUT2D eigenvalue weighted by Crippen LogP contribution is 2.22. The van der Waals surface area contributed by atoms with Crippen molar-refractivity contribution in [2.75, 3.05) is 0 Å². The van der Waals surface area contributed by atoms with Gasteiger partial charge in [-0.1, -0.05) is 11.6 Å². The number of rotatable bonds is 5. The predicted molar refractivity (Wildman–Crippen MR) is 80.7 cm³/mol. The van der Waals surface area contributed by atoms with Crippen molar-refractivity contribution in [2.45, 2.75) is 20.0 Å². The predicted octanol–water partition coefficient (Wildman–Crippen LogP) is 3.16. The van der Waals surface area contributed by atoms with E-state index in [1.54, 1.807) is 37.3 Å². The van der Waals surface area contributed by atoms with E-state index in [-0.39, 0.29) is 5.91 Å². The molecule has 110 valence electrons. The Morgan fingerprint density at radius 3 is 2.95 bits per heavy atom. The Morgan fingerprint density at radius 2 is 2.29 bits per heavy atom. The van der Waals surface area contributed by atoms with Crippen LogP contribution < -0.4 is 10.2 Å². The first kappa shape index (κ1) is 15.1. The van der Waals surface area contributed by atoms with Crippen molar-refractivity contribution in [2.24, 2.45) is 5.10 Å². The van der Waals surface area contributed by atoms with Crippen LogP contribution in [0, 0.1) is 6.92 Å². The van der Waals surface area contributed by atoms with Gasteiger partial charge in [-0.05, 0) is 49.7 Å². The summed E-state index contributed by atoms with van der Waals surface area (Å²) in [6.45, 7) is 3.51. The van der Waals surface area contributed by atoms with E-state index in [1.165, 1.54) is 12.5 Å². The van der Waals surface area contributed by atoms with E-state index in [0.29, 0.717) is 16.5 Å².